The third-order valence-electron chi connectivity index (χ3n) is 1.93. The molecule has 0 saturated heterocycles. The normalized spacial score (nSPS) is 13.1. The number of aliphatic hydroxyl groups is 1. The second kappa shape index (κ2) is 4.72. The van der Waals surface area contributed by atoms with Gasteiger partial charge in [-0.3, -0.25) is 4.79 Å². The van der Waals surface area contributed by atoms with Crippen molar-refractivity contribution in [1.82, 2.24) is 0 Å². The van der Waals surface area contributed by atoms with E-state index in [2.05, 4.69) is 0 Å². The molecule has 0 unspecified atom stereocenters. The van der Waals surface area contributed by atoms with Crippen LogP contribution in [0.3, 0.4) is 0 Å². The Morgan fingerprint density at radius 2 is 1.93 bits per heavy atom. The Morgan fingerprint density at radius 1 is 1.36 bits per heavy atom. The number of aliphatic hydroxyl groups excluding tert-OH is 1. The van der Waals surface area contributed by atoms with Crippen LogP contribution in [0.1, 0.15) is 31.1 Å². The van der Waals surface area contributed by atoms with Gasteiger partial charge in [0.1, 0.15) is 0 Å². The van der Waals surface area contributed by atoms with Crippen molar-refractivity contribution < 1.29 is 9.90 Å². The molecule has 0 fully saturated rings. The van der Waals surface area contributed by atoms with Crippen LogP contribution in [0.25, 0.3) is 6.08 Å². The highest BCUT2D eigenvalue weighted by Gasteiger charge is 1.98. The van der Waals surface area contributed by atoms with Crippen LogP contribution >= 0.6 is 0 Å². The summed E-state index contributed by atoms with van der Waals surface area (Å²) in [6.07, 6.45) is 2.84. The van der Waals surface area contributed by atoms with Gasteiger partial charge >= 0.3 is 0 Å². The molecule has 0 amide bonds. The van der Waals surface area contributed by atoms with Crippen molar-refractivity contribution in [3.8, 4) is 0 Å². The molecule has 14 heavy (non-hydrogen) atoms. The first-order chi connectivity index (χ1) is 6.59. The summed E-state index contributed by atoms with van der Waals surface area (Å²) in [4.78, 5) is 10.7. The van der Waals surface area contributed by atoms with E-state index >= 15 is 0 Å². The predicted molar refractivity (Wildman–Crippen MR) is 56.8 cm³/mol. The fourth-order valence-corrected chi connectivity index (χ4v) is 1.10. The van der Waals surface area contributed by atoms with E-state index in [1.54, 1.807) is 13.0 Å². The van der Waals surface area contributed by atoms with Crippen molar-refractivity contribution in [2.45, 2.75) is 20.0 Å². The van der Waals surface area contributed by atoms with Gasteiger partial charge in [-0.2, -0.15) is 0 Å². The van der Waals surface area contributed by atoms with E-state index in [9.17, 15) is 9.90 Å². The van der Waals surface area contributed by atoms with Gasteiger partial charge in [0.2, 0.25) is 0 Å². The first-order valence-electron chi connectivity index (χ1n) is 4.56. The number of benzene rings is 1. The molecular weight excluding hydrogens is 176 g/mol. The molecule has 1 aromatic rings. The Labute approximate surface area is 83.9 Å². The van der Waals surface area contributed by atoms with E-state index in [1.807, 2.05) is 24.3 Å². The summed E-state index contributed by atoms with van der Waals surface area (Å²) in [7, 11) is 0. The highest BCUT2D eigenvalue weighted by atomic mass is 16.3. The number of allylic oxidation sites excluding steroid dienone is 1. The van der Waals surface area contributed by atoms with Crippen LogP contribution in [0.2, 0.25) is 0 Å². The lowest BCUT2D eigenvalue weighted by Crippen LogP contribution is -1.89. The van der Waals surface area contributed by atoms with Gasteiger partial charge in [-0.1, -0.05) is 30.3 Å². The van der Waals surface area contributed by atoms with Crippen LogP contribution in [0, 0.1) is 0 Å². The number of rotatable bonds is 3. The molecule has 0 aliphatic rings. The van der Waals surface area contributed by atoms with Crippen LogP contribution in [0.15, 0.2) is 30.3 Å². The summed E-state index contributed by atoms with van der Waals surface area (Å²) < 4.78 is 0. The van der Waals surface area contributed by atoms with Gasteiger partial charge < -0.3 is 5.11 Å². The summed E-state index contributed by atoms with van der Waals surface area (Å²) in [5.74, 6) is 0.0320. The van der Waals surface area contributed by atoms with Crippen LogP contribution in [-0.4, -0.2) is 10.9 Å². The molecule has 1 rings (SSSR count). The molecule has 2 heteroatoms. The van der Waals surface area contributed by atoms with Gasteiger partial charge in [-0.15, -0.1) is 0 Å². The molecule has 0 radical (unpaired) electrons. The molecule has 0 aliphatic carbocycles. The lowest BCUT2D eigenvalue weighted by molar-refractivity contribution is -0.112. The smallest absolute Gasteiger partial charge is 0.152 e. The van der Waals surface area contributed by atoms with E-state index in [0.29, 0.717) is 0 Å². The Balaban J connectivity index is 2.78. The van der Waals surface area contributed by atoms with Crippen LogP contribution < -0.4 is 0 Å². The van der Waals surface area contributed by atoms with Crippen molar-refractivity contribution in [3.05, 3.63) is 41.5 Å². The minimum atomic E-state index is -0.444. The summed E-state index contributed by atoms with van der Waals surface area (Å²) in [5.41, 5.74) is 1.84. The van der Waals surface area contributed by atoms with Gasteiger partial charge in [0.15, 0.2) is 5.78 Å². The van der Waals surface area contributed by atoms with Gasteiger partial charge in [0.05, 0.1) is 6.10 Å². The molecule has 0 saturated carbocycles. The van der Waals surface area contributed by atoms with Gasteiger partial charge in [0.25, 0.3) is 0 Å². The Kier molecular flexibility index (Phi) is 3.60. The lowest BCUT2D eigenvalue weighted by atomic mass is 10.1. The van der Waals surface area contributed by atoms with Gasteiger partial charge in [-0.05, 0) is 31.1 Å². The topological polar surface area (TPSA) is 37.3 Å². The van der Waals surface area contributed by atoms with Crippen molar-refractivity contribution in [3.63, 3.8) is 0 Å². The first-order valence-corrected chi connectivity index (χ1v) is 4.56. The number of ketones is 1. The minimum Gasteiger partial charge on any atom is -0.389 e. The molecule has 0 bridgehead atoms. The molecular formula is C12H14O2. The zero-order valence-electron chi connectivity index (χ0n) is 8.40. The summed E-state index contributed by atoms with van der Waals surface area (Å²) in [6, 6.07) is 7.46. The second-order valence-corrected chi connectivity index (χ2v) is 3.29. The molecule has 0 spiro atoms. The van der Waals surface area contributed by atoms with Crippen LogP contribution in [0.4, 0.5) is 0 Å². The van der Waals surface area contributed by atoms with E-state index < -0.39 is 6.10 Å². The largest absolute Gasteiger partial charge is 0.389 e. The lowest BCUT2D eigenvalue weighted by Gasteiger charge is -2.03. The average molecular weight is 190 g/mol. The maximum Gasteiger partial charge on any atom is 0.152 e. The summed E-state index contributed by atoms with van der Waals surface area (Å²) in [6.45, 7) is 3.24. The second-order valence-electron chi connectivity index (χ2n) is 3.29. The molecule has 1 aromatic carbocycles. The SMILES string of the molecule is CC(=O)/C=C/c1ccc([C@H](C)O)cc1. The summed E-state index contributed by atoms with van der Waals surface area (Å²) >= 11 is 0. The number of hydrogen-bond donors (Lipinski definition) is 1. The van der Waals surface area contributed by atoms with Gasteiger partial charge in [0, 0.05) is 0 Å². The third kappa shape index (κ3) is 3.15. The first kappa shape index (κ1) is 10.7. The highest BCUT2D eigenvalue weighted by Crippen LogP contribution is 2.13. The van der Waals surface area contributed by atoms with E-state index in [-0.39, 0.29) is 5.78 Å². The molecule has 0 aliphatic heterocycles. The van der Waals surface area contributed by atoms with Crippen LogP contribution in [-0.2, 0) is 4.79 Å². The fraction of sp³-hybridized carbons (Fsp3) is 0.250. The Morgan fingerprint density at radius 3 is 2.36 bits per heavy atom. The predicted octanol–water partition coefficient (Wildman–Crippen LogP) is 2.34. The van der Waals surface area contributed by atoms with Gasteiger partial charge in [-0.25, -0.2) is 0 Å². The van der Waals surface area contributed by atoms with Crippen LogP contribution in [0.5, 0.6) is 0 Å². The molecule has 0 heterocycles. The minimum absolute atomic E-state index is 0.0320. The highest BCUT2D eigenvalue weighted by molar-refractivity contribution is 5.91. The Bertz CT molecular complexity index is 334. The molecule has 1 N–H and O–H groups in total. The molecule has 1 atom stereocenters. The Hall–Kier alpha value is -1.41. The van der Waals surface area contributed by atoms with Crippen molar-refractivity contribution in [2.24, 2.45) is 0 Å². The fourth-order valence-electron chi connectivity index (χ4n) is 1.10. The quantitative estimate of drug-likeness (QED) is 0.743. The summed E-state index contributed by atoms with van der Waals surface area (Å²) in [5, 5.41) is 9.26. The van der Waals surface area contributed by atoms with E-state index in [1.165, 1.54) is 13.0 Å². The maximum atomic E-state index is 10.7. The molecule has 0 aromatic heterocycles. The number of carbonyl (C=O) groups excluding carboxylic acids is 1. The number of hydrogen-bond acceptors (Lipinski definition) is 2. The average Bonchev–Trinajstić information content (AvgIpc) is 2.15. The molecule has 2 nitrogen and oxygen atoms in total. The zero-order chi connectivity index (χ0) is 10.6. The zero-order valence-corrected chi connectivity index (χ0v) is 8.40. The monoisotopic (exact) mass is 190 g/mol. The number of carbonyl (C=O) groups is 1. The van der Waals surface area contributed by atoms with Crippen molar-refractivity contribution >= 4 is 11.9 Å². The van der Waals surface area contributed by atoms with E-state index in [0.717, 1.165) is 11.1 Å². The maximum absolute atomic E-state index is 10.7. The molecule has 74 valence electrons. The standard InChI is InChI=1S/C12H14O2/c1-9(13)3-4-11-5-7-12(8-6-11)10(2)14/h3-8,10,14H,1-2H3/b4-3+/t10-/m0/s1. The third-order valence-corrected chi connectivity index (χ3v) is 1.93. The van der Waals surface area contributed by atoms with E-state index in [4.69, 9.17) is 0 Å². The van der Waals surface area contributed by atoms with Crippen molar-refractivity contribution in [1.29, 1.82) is 0 Å². The van der Waals surface area contributed by atoms with Crippen molar-refractivity contribution in [2.75, 3.05) is 0 Å².